The summed E-state index contributed by atoms with van der Waals surface area (Å²) in [5, 5.41) is 0. The molecule has 0 spiro atoms. The standard InChI is InChI=1S/C20H30FN3O3S/c1-15(2)22-28(26,27)17-8-9-19(21)18(13-17)20(25)24-12-6-7-16(24)14-23-10-4-3-5-11-23/h8-9,13,15-16,22H,3-7,10-12,14H2,1-2H3. The van der Waals surface area contributed by atoms with Crippen LogP contribution in [0.25, 0.3) is 0 Å². The fourth-order valence-electron chi connectivity index (χ4n) is 4.10. The maximum atomic E-state index is 14.4. The van der Waals surface area contributed by atoms with E-state index in [1.807, 2.05) is 0 Å². The predicted molar refractivity (Wildman–Crippen MR) is 106 cm³/mol. The first-order valence-electron chi connectivity index (χ1n) is 10.1. The molecule has 2 fully saturated rings. The molecule has 1 aromatic carbocycles. The van der Waals surface area contributed by atoms with Gasteiger partial charge in [0.2, 0.25) is 10.0 Å². The largest absolute Gasteiger partial charge is 0.334 e. The van der Waals surface area contributed by atoms with E-state index >= 15 is 0 Å². The number of hydrogen-bond acceptors (Lipinski definition) is 4. The van der Waals surface area contributed by atoms with E-state index < -0.39 is 21.7 Å². The molecule has 0 aliphatic carbocycles. The van der Waals surface area contributed by atoms with Gasteiger partial charge in [0, 0.05) is 25.2 Å². The van der Waals surface area contributed by atoms with Gasteiger partial charge in [-0.2, -0.15) is 0 Å². The first-order chi connectivity index (χ1) is 13.3. The van der Waals surface area contributed by atoms with Crippen molar-refractivity contribution < 1.29 is 17.6 Å². The van der Waals surface area contributed by atoms with E-state index in [4.69, 9.17) is 0 Å². The van der Waals surface area contributed by atoms with E-state index in [1.54, 1.807) is 18.7 Å². The lowest BCUT2D eigenvalue weighted by Gasteiger charge is -2.33. The molecule has 156 valence electrons. The van der Waals surface area contributed by atoms with Crippen LogP contribution in [0.5, 0.6) is 0 Å². The first kappa shape index (κ1) is 21.2. The molecule has 1 amide bonds. The van der Waals surface area contributed by atoms with Crippen LogP contribution in [-0.4, -0.2) is 62.4 Å². The van der Waals surface area contributed by atoms with E-state index in [0.29, 0.717) is 6.54 Å². The molecule has 1 aromatic rings. The smallest absolute Gasteiger partial charge is 0.257 e. The second kappa shape index (κ2) is 8.88. The highest BCUT2D eigenvalue weighted by atomic mass is 32.2. The molecule has 0 bridgehead atoms. The monoisotopic (exact) mass is 411 g/mol. The summed E-state index contributed by atoms with van der Waals surface area (Å²) in [5.41, 5.74) is -0.169. The third-order valence-corrected chi connectivity index (χ3v) is 7.08. The average Bonchev–Trinajstić information content (AvgIpc) is 3.09. The second-order valence-corrected chi connectivity index (χ2v) is 9.79. The molecule has 3 rings (SSSR count). The Kier molecular flexibility index (Phi) is 6.73. The van der Waals surface area contributed by atoms with Gasteiger partial charge in [-0.3, -0.25) is 4.79 Å². The van der Waals surface area contributed by atoms with Gasteiger partial charge >= 0.3 is 0 Å². The Morgan fingerprint density at radius 2 is 1.89 bits per heavy atom. The maximum absolute atomic E-state index is 14.4. The van der Waals surface area contributed by atoms with E-state index in [2.05, 4.69) is 9.62 Å². The van der Waals surface area contributed by atoms with Crippen LogP contribution in [0.15, 0.2) is 23.1 Å². The van der Waals surface area contributed by atoms with E-state index in [-0.39, 0.29) is 22.5 Å². The van der Waals surface area contributed by atoms with Crippen LogP contribution in [-0.2, 0) is 10.0 Å². The molecule has 28 heavy (non-hydrogen) atoms. The molecular formula is C20H30FN3O3S. The minimum Gasteiger partial charge on any atom is -0.334 e. The van der Waals surface area contributed by atoms with Gasteiger partial charge in [0.15, 0.2) is 0 Å². The molecule has 1 atom stereocenters. The molecule has 2 aliphatic heterocycles. The Morgan fingerprint density at radius 3 is 2.57 bits per heavy atom. The molecule has 2 saturated heterocycles. The van der Waals surface area contributed by atoms with Crippen molar-refractivity contribution >= 4 is 15.9 Å². The Balaban J connectivity index is 1.79. The van der Waals surface area contributed by atoms with Crippen molar-refractivity contribution in [3.8, 4) is 0 Å². The molecule has 0 saturated carbocycles. The van der Waals surface area contributed by atoms with E-state index in [9.17, 15) is 17.6 Å². The van der Waals surface area contributed by atoms with Gasteiger partial charge in [-0.15, -0.1) is 0 Å². The van der Waals surface area contributed by atoms with Crippen LogP contribution in [0.1, 0.15) is 56.3 Å². The molecule has 1 unspecified atom stereocenters. The number of piperidine rings is 1. The molecule has 0 radical (unpaired) electrons. The summed E-state index contributed by atoms with van der Waals surface area (Å²) in [4.78, 5) is 17.1. The third kappa shape index (κ3) is 4.90. The summed E-state index contributed by atoms with van der Waals surface area (Å²) in [6.07, 6.45) is 5.40. The number of hydrogen-bond donors (Lipinski definition) is 1. The van der Waals surface area contributed by atoms with E-state index in [0.717, 1.165) is 38.5 Å². The van der Waals surface area contributed by atoms with Crippen molar-refractivity contribution in [2.24, 2.45) is 0 Å². The third-order valence-electron chi connectivity index (χ3n) is 5.43. The van der Waals surface area contributed by atoms with E-state index in [1.165, 1.54) is 31.4 Å². The number of carbonyl (C=O) groups is 1. The Morgan fingerprint density at radius 1 is 1.18 bits per heavy atom. The van der Waals surface area contributed by atoms with Crippen molar-refractivity contribution in [1.82, 2.24) is 14.5 Å². The summed E-state index contributed by atoms with van der Waals surface area (Å²) in [5.74, 6) is -1.10. The lowest BCUT2D eigenvalue weighted by atomic mass is 10.1. The van der Waals surface area contributed by atoms with Gasteiger partial charge in [-0.05, 0) is 70.8 Å². The lowest BCUT2D eigenvalue weighted by molar-refractivity contribution is 0.0685. The molecule has 0 aromatic heterocycles. The number of carbonyl (C=O) groups excluding carboxylic acids is 1. The van der Waals surface area contributed by atoms with Crippen LogP contribution in [0.2, 0.25) is 0 Å². The molecular weight excluding hydrogens is 381 g/mol. The Hall–Kier alpha value is -1.51. The number of amides is 1. The van der Waals surface area contributed by atoms with Crippen LogP contribution in [0.4, 0.5) is 4.39 Å². The zero-order valence-electron chi connectivity index (χ0n) is 16.7. The van der Waals surface area contributed by atoms with Gasteiger partial charge < -0.3 is 9.80 Å². The van der Waals surface area contributed by atoms with Crippen molar-refractivity contribution in [3.63, 3.8) is 0 Å². The van der Waals surface area contributed by atoms with Gasteiger partial charge in [0.05, 0.1) is 10.5 Å². The lowest BCUT2D eigenvalue weighted by Crippen LogP contribution is -2.45. The highest BCUT2D eigenvalue weighted by Crippen LogP contribution is 2.25. The number of halogens is 1. The highest BCUT2D eigenvalue weighted by molar-refractivity contribution is 7.89. The number of likely N-dealkylation sites (tertiary alicyclic amines) is 2. The molecule has 1 N–H and O–H groups in total. The summed E-state index contributed by atoms with van der Waals surface area (Å²) in [7, 11) is -3.79. The summed E-state index contributed by atoms with van der Waals surface area (Å²) >= 11 is 0. The van der Waals surface area contributed by atoms with Gasteiger partial charge in [0.25, 0.3) is 5.91 Å². The minimum absolute atomic E-state index is 0.0547. The Labute approximate surface area is 167 Å². The summed E-state index contributed by atoms with van der Waals surface area (Å²) in [6, 6.07) is 3.20. The predicted octanol–water partition coefficient (Wildman–Crippen LogP) is 2.60. The number of rotatable bonds is 6. The van der Waals surface area contributed by atoms with Crippen molar-refractivity contribution in [2.75, 3.05) is 26.2 Å². The maximum Gasteiger partial charge on any atom is 0.257 e. The number of nitrogens with one attached hydrogen (secondary N) is 1. The summed E-state index contributed by atoms with van der Waals surface area (Å²) in [6.45, 7) is 6.90. The normalized spacial score (nSPS) is 21.4. The zero-order chi connectivity index (χ0) is 20.3. The van der Waals surface area contributed by atoms with Gasteiger partial charge in [-0.25, -0.2) is 17.5 Å². The van der Waals surface area contributed by atoms with Crippen LogP contribution < -0.4 is 4.72 Å². The van der Waals surface area contributed by atoms with Crippen LogP contribution in [0, 0.1) is 5.82 Å². The molecule has 8 heteroatoms. The topological polar surface area (TPSA) is 69.7 Å². The SMILES string of the molecule is CC(C)NS(=O)(=O)c1ccc(F)c(C(=O)N2CCCC2CN2CCCCC2)c1. The zero-order valence-corrected chi connectivity index (χ0v) is 17.5. The van der Waals surface area contributed by atoms with Gasteiger partial charge in [0.1, 0.15) is 5.82 Å². The van der Waals surface area contributed by atoms with Crippen molar-refractivity contribution in [2.45, 2.75) is 62.9 Å². The first-order valence-corrected chi connectivity index (χ1v) is 11.6. The molecule has 2 heterocycles. The quantitative estimate of drug-likeness (QED) is 0.781. The van der Waals surface area contributed by atoms with Crippen LogP contribution in [0.3, 0.4) is 0 Å². The van der Waals surface area contributed by atoms with Crippen LogP contribution >= 0.6 is 0 Å². The fraction of sp³-hybridized carbons (Fsp3) is 0.650. The number of nitrogens with zero attached hydrogens (tertiary/aromatic N) is 2. The Bertz CT molecular complexity index is 807. The highest BCUT2D eigenvalue weighted by Gasteiger charge is 2.33. The average molecular weight is 412 g/mol. The summed E-state index contributed by atoms with van der Waals surface area (Å²) < 4.78 is 41.7. The van der Waals surface area contributed by atoms with Crippen molar-refractivity contribution in [1.29, 1.82) is 0 Å². The number of sulfonamides is 1. The molecule has 2 aliphatic rings. The van der Waals surface area contributed by atoms with Crippen molar-refractivity contribution in [3.05, 3.63) is 29.6 Å². The minimum atomic E-state index is -3.79. The number of benzene rings is 1. The second-order valence-electron chi connectivity index (χ2n) is 8.07. The fourth-order valence-corrected chi connectivity index (χ4v) is 5.38. The molecule has 6 nitrogen and oxygen atoms in total. The van der Waals surface area contributed by atoms with Gasteiger partial charge in [-0.1, -0.05) is 6.42 Å².